The van der Waals surface area contributed by atoms with Crippen molar-refractivity contribution in [2.75, 3.05) is 13.1 Å². The van der Waals surface area contributed by atoms with E-state index < -0.39 is 11.6 Å². The van der Waals surface area contributed by atoms with E-state index in [2.05, 4.69) is 5.32 Å². The fourth-order valence-electron chi connectivity index (χ4n) is 1.77. The Morgan fingerprint density at radius 3 is 2.40 bits per heavy atom. The van der Waals surface area contributed by atoms with Crippen LogP contribution >= 0.6 is 0 Å². The summed E-state index contributed by atoms with van der Waals surface area (Å²) in [5.41, 5.74) is 5.45. The minimum Gasteiger partial charge on any atom is -0.459 e. The van der Waals surface area contributed by atoms with Gasteiger partial charge in [0, 0.05) is 0 Å². The highest BCUT2D eigenvalue weighted by Crippen LogP contribution is 2.18. The predicted octanol–water partition coefficient (Wildman–Crippen LogP) is 0.655. The molecule has 88 valence electrons. The Bertz CT molecular complexity index is 217. The summed E-state index contributed by atoms with van der Waals surface area (Å²) in [6.45, 7) is 7.47. The standard InChI is InChI=1S/C11H22N2O2/c1-11(2,3)15-10(14)9(12)8-4-6-13-7-5-8/h8-9,13H,4-7,12H2,1-3H3/t9-/m1/s1. The first-order valence-electron chi connectivity index (χ1n) is 5.59. The average Bonchev–Trinajstić information content (AvgIpc) is 2.15. The molecular formula is C11H22N2O2. The third-order valence-corrected chi connectivity index (χ3v) is 2.57. The van der Waals surface area contributed by atoms with Gasteiger partial charge >= 0.3 is 5.97 Å². The lowest BCUT2D eigenvalue weighted by Gasteiger charge is -2.29. The van der Waals surface area contributed by atoms with E-state index in [1.807, 2.05) is 20.8 Å². The molecule has 0 spiro atoms. The second-order valence-corrected chi connectivity index (χ2v) is 5.15. The monoisotopic (exact) mass is 214 g/mol. The zero-order chi connectivity index (χ0) is 11.5. The van der Waals surface area contributed by atoms with Crippen LogP contribution in [0.15, 0.2) is 0 Å². The number of carbonyl (C=O) groups is 1. The van der Waals surface area contributed by atoms with Gasteiger partial charge < -0.3 is 15.8 Å². The van der Waals surface area contributed by atoms with Crippen molar-refractivity contribution in [1.29, 1.82) is 0 Å². The van der Waals surface area contributed by atoms with E-state index in [9.17, 15) is 4.79 Å². The summed E-state index contributed by atoms with van der Waals surface area (Å²) in [6, 6.07) is -0.466. The van der Waals surface area contributed by atoms with Gasteiger partial charge in [0.05, 0.1) is 0 Å². The van der Waals surface area contributed by atoms with Gasteiger partial charge in [0.25, 0.3) is 0 Å². The number of hydrogen-bond donors (Lipinski definition) is 2. The summed E-state index contributed by atoms with van der Waals surface area (Å²) in [4.78, 5) is 11.7. The van der Waals surface area contributed by atoms with Crippen LogP contribution in [0.5, 0.6) is 0 Å². The van der Waals surface area contributed by atoms with E-state index in [0.717, 1.165) is 25.9 Å². The summed E-state index contributed by atoms with van der Waals surface area (Å²) < 4.78 is 5.27. The van der Waals surface area contributed by atoms with Crippen LogP contribution in [-0.4, -0.2) is 30.7 Å². The van der Waals surface area contributed by atoms with Crippen molar-refractivity contribution in [3.63, 3.8) is 0 Å². The maximum atomic E-state index is 11.7. The molecule has 4 heteroatoms. The number of rotatable bonds is 2. The number of nitrogens with two attached hydrogens (primary N) is 1. The van der Waals surface area contributed by atoms with Crippen LogP contribution in [0.3, 0.4) is 0 Å². The lowest BCUT2D eigenvalue weighted by Crippen LogP contribution is -2.46. The van der Waals surface area contributed by atoms with E-state index in [1.54, 1.807) is 0 Å². The fraction of sp³-hybridized carbons (Fsp3) is 0.909. The largest absolute Gasteiger partial charge is 0.459 e. The van der Waals surface area contributed by atoms with Crippen LogP contribution in [0, 0.1) is 5.92 Å². The number of nitrogens with one attached hydrogen (secondary N) is 1. The summed E-state index contributed by atoms with van der Waals surface area (Å²) in [6.07, 6.45) is 1.92. The average molecular weight is 214 g/mol. The Kier molecular flexibility index (Phi) is 4.11. The molecule has 0 aliphatic carbocycles. The highest BCUT2D eigenvalue weighted by molar-refractivity contribution is 5.76. The van der Waals surface area contributed by atoms with Crippen molar-refractivity contribution < 1.29 is 9.53 Å². The molecule has 0 aromatic rings. The zero-order valence-corrected chi connectivity index (χ0v) is 9.88. The molecule has 15 heavy (non-hydrogen) atoms. The minimum absolute atomic E-state index is 0.265. The molecule has 3 N–H and O–H groups in total. The summed E-state index contributed by atoms with van der Waals surface area (Å²) in [7, 11) is 0. The van der Waals surface area contributed by atoms with Gasteiger partial charge in [-0.2, -0.15) is 0 Å². The van der Waals surface area contributed by atoms with Crippen molar-refractivity contribution in [3.05, 3.63) is 0 Å². The van der Waals surface area contributed by atoms with Gasteiger partial charge in [-0.1, -0.05) is 0 Å². The smallest absolute Gasteiger partial charge is 0.323 e. The number of piperidine rings is 1. The Balaban J connectivity index is 2.44. The Morgan fingerprint density at radius 2 is 1.93 bits per heavy atom. The number of hydrogen-bond acceptors (Lipinski definition) is 4. The predicted molar refractivity (Wildman–Crippen MR) is 59.4 cm³/mol. The molecule has 1 heterocycles. The maximum Gasteiger partial charge on any atom is 0.323 e. The van der Waals surface area contributed by atoms with Crippen LogP contribution in [0.1, 0.15) is 33.6 Å². The molecule has 1 saturated heterocycles. The molecule has 1 fully saturated rings. The molecule has 0 amide bonds. The lowest BCUT2D eigenvalue weighted by molar-refractivity contribution is -0.158. The van der Waals surface area contributed by atoms with Gasteiger partial charge in [-0.25, -0.2) is 0 Å². The molecule has 0 aromatic heterocycles. The van der Waals surface area contributed by atoms with Crippen molar-refractivity contribution in [2.24, 2.45) is 11.7 Å². The highest BCUT2D eigenvalue weighted by atomic mass is 16.6. The molecule has 1 aliphatic rings. The first-order valence-corrected chi connectivity index (χ1v) is 5.59. The molecule has 0 bridgehead atoms. The molecule has 0 aromatic carbocycles. The van der Waals surface area contributed by atoms with Crippen molar-refractivity contribution in [2.45, 2.75) is 45.3 Å². The first kappa shape index (κ1) is 12.5. The third-order valence-electron chi connectivity index (χ3n) is 2.57. The molecule has 4 nitrogen and oxygen atoms in total. The second-order valence-electron chi connectivity index (χ2n) is 5.15. The van der Waals surface area contributed by atoms with Crippen LogP contribution < -0.4 is 11.1 Å². The Morgan fingerprint density at radius 1 is 1.40 bits per heavy atom. The van der Waals surface area contributed by atoms with Gasteiger partial charge in [0.2, 0.25) is 0 Å². The van der Waals surface area contributed by atoms with Crippen LogP contribution in [0.2, 0.25) is 0 Å². The van der Waals surface area contributed by atoms with Gasteiger partial charge in [-0.15, -0.1) is 0 Å². The molecule has 0 saturated carbocycles. The number of esters is 1. The molecule has 1 rings (SSSR count). The molecule has 0 unspecified atom stereocenters. The molecule has 0 radical (unpaired) electrons. The van der Waals surface area contributed by atoms with E-state index in [-0.39, 0.29) is 11.9 Å². The normalized spacial score (nSPS) is 21.1. The minimum atomic E-state index is -0.466. The van der Waals surface area contributed by atoms with Crippen molar-refractivity contribution in [3.8, 4) is 0 Å². The lowest BCUT2D eigenvalue weighted by atomic mass is 9.91. The maximum absolute atomic E-state index is 11.7. The molecule has 1 atom stereocenters. The Labute approximate surface area is 91.5 Å². The SMILES string of the molecule is CC(C)(C)OC(=O)[C@H](N)C1CCNCC1. The highest BCUT2D eigenvalue weighted by Gasteiger charge is 2.29. The molecule has 1 aliphatic heterocycles. The fourth-order valence-corrected chi connectivity index (χ4v) is 1.77. The second kappa shape index (κ2) is 4.94. The quantitative estimate of drug-likeness (QED) is 0.663. The third kappa shape index (κ3) is 4.18. The summed E-state index contributed by atoms with van der Waals surface area (Å²) in [5, 5.41) is 3.25. The number of carbonyl (C=O) groups excluding carboxylic acids is 1. The van der Waals surface area contributed by atoms with Crippen molar-refractivity contribution >= 4 is 5.97 Å². The first-order chi connectivity index (χ1) is 6.90. The van der Waals surface area contributed by atoms with E-state index >= 15 is 0 Å². The van der Waals surface area contributed by atoms with Gasteiger partial charge in [0.1, 0.15) is 11.6 Å². The molecular weight excluding hydrogens is 192 g/mol. The Hall–Kier alpha value is -0.610. The van der Waals surface area contributed by atoms with E-state index in [4.69, 9.17) is 10.5 Å². The van der Waals surface area contributed by atoms with E-state index in [0.29, 0.717) is 0 Å². The van der Waals surface area contributed by atoms with Gasteiger partial charge in [-0.05, 0) is 52.6 Å². The van der Waals surface area contributed by atoms with Crippen LogP contribution in [0.4, 0.5) is 0 Å². The zero-order valence-electron chi connectivity index (χ0n) is 9.88. The topological polar surface area (TPSA) is 64.3 Å². The van der Waals surface area contributed by atoms with E-state index in [1.165, 1.54) is 0 Å². The van der Waals surface area contributed by atoms with Gasteiger partial charge in [-0.3, -0.25) is 4.79 Å². The number of ether oxygens (including phenoxy) is 1. The van der Waals surface area contributed by atoms with Gasteiger partial charge in [0.15, 0.2) is 0 Å². The van der Waals surface area contributed by atoms with Crippen LogP contribution in [0.25, 0.3) is 0 Å². The van der Waals surface area contributed by atoms with Crippen molar-refractivity contribution in [1.82, 2.24) is 5.32 Å². The summed E-state index contributed by atoms with van der Waals surface area (Å²) >= 11 is 0. The summed E-state index contributed by atoms with van der Waals surface area (Å²) in [5.74, 6) is -0.00417. The van der Waals surface area contributed by atoms with Crippen LogP contribution in [-0.2, 0) is 9.53 Å².